The second-order valence-corrected chi connectivity index (χ2v) is 5.99. The van der Waals surface area contributed by atoms with E-state index in [1.807, 2.05) is 23.6 Å². The normalized spacial score (nSPS) is 11.4. The molecule has 2 N–H and O–H groups in total. The Kier molecular flexibility index (Phi) is 3.42. The smallest absolute Gasteiger partial charge is 0.140 e. The van der Waals surface area contributed by atoms with Crippen LogP contribution in [-0.2, 0) is 6.42 Å². The summed E-state index contributed by atoms with van der Waals surface area (Å²) in [5.41, 5.74) is 12.5. The Labute approximate surface area is 125 Å². The lowest BCUT2D eigenvalue weighted by Crippen LogP contribution is -1.92. The zero-order valence-electron chi connectivity index (χ0n) is 12.8. The van der Waals surface area contributed by atoms with Gasteiger partial charge in [0.25, 0.3) is 0 Å². The Hall–Kier alpha value is -2.29. The molecule has 0 radical (unpaired) electrons. The number of benzene rings is 1. The number of aryl methyl sites for hydroxylation is 1. The van der Waals surface area contributed by atoms with Gasteiger partial charge in [0.2, 0.25) is 0 Å². The zero-order chi connectivity index (χ0) is 15.0. The average molecular weight is 279 g/mol. The molecular weight excluding hydrogens is 258 g/mol. The van der Waals surface area contributed by atoms with Gasteiger partial charge in [-0.05, 0) is 35.6 Å². The van der Waals surface area contributed by atoms with Crippen LogP contribution < -0.4 is 5.73 Å². The zero-order valence-corrected chi connectivity index (χ0v) is 12.8. The molecule has 3 aromatic rings. The maximum Gasteiger partial charge on any atom is 0.140 e. The number of pyridine rings is 1. The summed E-state index contributed by atoms with van der Waals surface area (Å²) >= 11 is 0. The summed E-state index contributed by atoms with van der Waals surface area (Å²) in [6.07, 6.45) is 4.83. The van der Waals surface area contributed by atoms with E-state index in [9.17, 15) is 0 Å². The van der Waals surface area contributed by atoms with Gasteiger partial charge in [0.1, 0.15) is 5.65 Å². The highest BCUT2D eigenvalue weighted by atomic mass is 15.0. The van der Waals surface area contributed by atoms with Crippen LogP contribution in [0.2, 0.25) is 0 Å². The van der Waals surface area contributed by atoms with Crippen molar-refractivity contribution in [3.63, 3.8) is 0 Å². The highest BCUT2D eigenvalue weighted by Gasteiger charge is 2.06. The molecule has 0 aliphatic rings. The summed E-state index contributed by atoms with van der Waals surface area (Å²) in [7, 11) is 0. The monoisotopic (exact) mass is 279 g/mol. The van der Waals surface area contributed by atoms with Gasteiger partial charge < -0.3 is 10.1 Å². The molecule has 108 valence electrons. The Bertz CT molecular complexity index is 767. The Morgan fingerprint density at radius 2 is 1.86 bits per heavy atom. The summed E-state index contributed by atoms with van der Waals surface area (Å²) in [6.45, 7) is 6.47. The van der Waals surface area contributed by atoms with Crippen LogP contribution in [-0.4, -0.2) is 9.38 Å². The van der Waals surface area contributed by atoms with Gasteiger partial charge in [-0.3, -0.25) is 0 Å². The van der Waals surface area contributed by atoms with E-state index in [-0.39, 0.29) is 0 Å². The standard InChI is InChI=1S/C18H21N3/c1-12(2)15-6-4-14(5-7-15)9-17-11-21-10-16(19)8-13(3)18(21)20-17/h4-8,10-12H,9,19H2,1-3H3. The van der Waals surface area contributed by atoms with E-state index in [1.54, 1.807) is 0 Å². The number of nitrogens with two attached hydrogens (primary N) is 1. The molecule has 2 aromatic heterocycles. The van der Waals surface area contributed by atoms with Crippen LogP contribution in [0.25, 0.3) is 5.65 Å². The molecule has 3 heteroatoms. The molecule has 0 atom stereocenters. The molecule has 0 spiro atoms. The van der Waals surface area contributed by atoms with Gasteiger partial charge in [-0.15, -0.1) is 0 Å². The minimum atomic E-state index is 0.569. The van der Waals surface area contributed by atoms with Gasteiger partial charge in [-0.1, -0.05) is 38.1 Å². The highest BCUT2D eigenvalue weighted by molar-refractivity contribution is 5.55. The van der Waals surface area contributed by atoms with E-state index < -0.39 is 0 Å². The maximum atomic E-state index is 5.88. The van der Waals surface area contributed by atoms with Crippen LogP contribution in [0, 0.1) is 6.92 Å². The van der Waals surface area contributed by atoms with Crippen molar-refractivity contribution in [3.8, 4) is 0 Å². The molecule has 1 aromatic carbocycles. The van der Waals surface area contributed by atoms with Gasteiger partial charge in [0, 0.05) is 24.5 Å². The second-order valence-electron chi connectivity index (χ2n) is 5.99. The third-order valence-electron chi connectivity index (χ3n) is 3.84. The van der Waals surface area contributed by atoms with Gasteiger partial charge in [-0.25, -0.2) is 4.98 Å². The largest absolute Gasteiger partial charge is 0.398 e. The van der Waals surface area contributed by atoms with Crippen molar-refractivity contribution in [3.05, 3.63) is 65.1 Å². The number of rotatable bonds is 3. The summed E-state index contributed by atoms with van der Waals surface area (Å²) in [4.78, 5) is 4.71. The van der Waals surface area contributed by atoms with Crippen LogP contribution in [0.4, 0.5) is 5.69 Å². The fourth-order valence-electron chi connectivity index (χ4n) is 2.66. The van der Waals surface area contributed by atoms with E-state index in [0.717, 1.165) is 29.0 Å². The molecule has 0 aliphatic heterocycles. The first-order valence-electron chi connectivity index (χ1n) is 7.35. The Morgan fingerprint density at radius 1 is 1.14 bits per heavy atom. The van der Waals surface area contributed by atoms with Crippen molar-refractivity contribution in [1.29, 1.82) is 0 Å². The molecule has 0 saturated heterocycles. The lowest BCUT2D eigenvalue weighted by atomic mass is 10.0. The second kappa shape index (κ2) is 5.24. The van der Waals surface area contributed by atoms with Crippen molar-refractivity contribution in [1.82, 2.24) is 9.38 Å². The van der Waals surface area contributed by atoms with Crippen LogP contribution in [0.1, 0.15) is 42.1 Å². The number of aromatic nitrogens is 2. The molecular formula is C18H21N3. The van der Waals surface area contributed by atoms with Crippen molar-refractivity contribution in [2.24, 2.45) is 0 Å². The summed E-state index contributed by atoms with van der Waals surface area (Å²) in [5, 5.41) is 0. The molecule has 0 amide bonds. The average Bonchev–Trinajstić information content (AvgIpc) is 2.82. The van der Waals surface area contributed by atoms with E-state index in [4.69, 9.17) is 10.7 Å². The fourth-order valence-corrected chi connectivity index (χ4v) is 2.66. The summed E-state index contributed by atoms with van der Waals surface area (Å²) < 4.78 is 2.02. The third-order valence-corrected chi connectivity index (χ3v) is 3.84. The molecule has 3 rings (SSSR count). The quantitative estimate of drug-likeness (QED) is 0.789. The molecule has 21 heavy (non-hydrogen) atoms. The first-order chi connectivity index (χ1) is 10.0. The van der Waals surface area contributed by atoms with Gasteiger partial charge >= 0.3 is 0 Å². The van der Waals surface area contributed by atoms with Gasteiger partial charge in [0.05, 0.1) is 5.69 Å². The van der Waals surface area contributed by atoms with Crippen LogP contribution >= 0.6 is 0 Å². The molecule has 3 nitrogen and oxygen atoms in total. The first kappa shape index (κ1) is 13.7. The predicted octanol–water partition coefficient (Wildman–Crippen LogP) is 3.94. The van der Waals surface area contributed by atoms with Crippen LogP contribution in [0.3, 0.4) is 0 Å². The van der Waals surface area contributed by atoms with E-state index >= 15 is 0 Å². The molecule has 0 saturated carbocycles. The van der Waals surface area contributed by atoms with Crippen LogP contribution in [0.5, 0.6) is 0 Å². The Balaban J connectivity index is 1.89. The van der Waals surface area contributed by atoms with Crippen molar-refractivity contribution in [2.75, 3.05) is 5.73 Å². The van der Waals surface area contributed by atoms with E-state index in [1.165, 1.54) is 11.1 Å². The highest BCUT2D eigenvalue weighted by Crippen LogP contribution is 2.18. The van der Waals surface area contributed by atoms with E-state index in [0.29, 0.717) is 5.92 Å². The summed E-state index contributed by atoms with van der Waals surface area (Å²) in [6, 6.07) is 10.8. The van der Waals surface area contributed by atoms with Crippen molar-refractivity contribution in [2.45, 2.75) is 33.1 Å². The Morgan fingerprint density at radius 3 is 2.52 bits per heavy atom. The fraction of sp³-hybridized carbons (Fsp3) is 0.278. The van der Waals surface area contributed by atoms with E-state index in [2.05, 4.69) is 44.3 Å². The minimum absolute atomic E-state index is 0.569. The predicted molar refractivity (Wildman–Crippen MR) is 87.7 cm³/mol. The minimum Gasteiger partial charge on any atom is -0.398 e. The van der Waals surface area contributed by atoms with Crippen molar-refractivity contribution < 1.29 is 0 Å². The number of hydrogen-bond donors (Lipinski definition) is 1. The molecule has 2 heterocycles. The SMILES string of the molecule is Cc1cc(N)cn2cc(Cc3ccc(C(C)C)cc3)nc12. The topological polar surface area (TPSA) is 43.3 Å². The summed E-state index contributed by atoms with van der Waals surface area (Å²) in [5.74, 6) is 0.569. The number of hydrogen-bond acceptors (Lipinski definition) is 2. The van der Waals surface area contributed by atoms with Crippen LogP contribution in [0.15, 0.2) is 42.7 Å². The molecule has 0 bridgehead atoms. The van der Waals surface area contributed by atoms with Crippen molar-refractivity contribution >= 4 is 11.3 Å². The van der Waals surface area contributed by atoms with Gasteiger partial charge in [-0.2, -0.15) is 0 Å². The lowest BCUT2D eigenvalue weighted by molar-refractivity contribution is 0.865. The maximum absolute atomic E-state index is 5.88. The lowest BCUT2D eigenvalue weighted by Gasteiger charge is -2.05. The number of nitrogens with zero attached hydrogens (tertiary/aromatic N) is 2. The van der Waals surface area contributed by atoms with Gasteiger partial charge in [0.15, 0.2) is 0 Å². The number of anilines is 1. The molecule has 0 aliphatic carbocycles. The number of imidazole rings is 1. The number of nitrogen functional groups attached to an aromatic ring is 1. The number of fused-ring (bicyclic) bond motifs is 1. The first-order valence-corrected chi connectivity index (χ1v) is 7.35. The molecule has 0 unspecified atom stereocenters. The molecule has 0 fully saturated rings. The third kappa shape index (κ3) is 2.77.